The van der Waals surface area contributed by atoms with Gasteiger partial charge in [-0.1, -0.05) is 0 Å². The lowest BCUT2D eigenvalue weighted by Crippen LogP contribution is -2.48. The first-order valence-corrected chi connectivity index (χ1v) is 10.5. The number of carbonyl (C=O) groups is 2. The van der Waals surface area contributed by atoms with Crippen LogP contribution < -0.4 is 0 Å². The van der Waals surface area contributed by atoms with Crippen LogP contribution in [0.1, 0.15) is 39.5 Å². The van der Waals surface area contributed by atoms with Crippen molar-refractivity contribution in [1.82, 2.24) is 9.80 Å². The Labute approximate surface area is 143 Å². The van der Waals surface area contributed by atoms with Crippen LogP contribution in [0.15, 0.2) is 0 Å². The largest absolute Gasteiger partial charge is 0.342 e. The first kappa shape index (κ1) is 19.7. The fourth-order valence-electron chi connectivity index (χ4n) is 2.97. The molecule has 0 aromatic carbocycles. The topological polar surface area (TPSA) is 40.6 Å². The maximum atomic E-state index is 12.3. The third-order valence-corrected chi connectivity index (χ3v) is 6.68. The molecule has 4 nitrogen and oxygen atoms in total. The molecule has 22 heavy (non-hydrogen) atoms. The van der Waals surface area contributed by atoms with Gasteiger partial charge in [0.2, 0.25) is 11.8 Å². The van der Waals surface area contributed by atoms with Gasteiger partial charge in [-0.05, 0) is 52.0 Å². The van der Waals surface area contributed by atoms with Crippen molar-refractivity contribution in [2.24, 2.45) is 0 Å². The molecular weight excluding hydrogens is 316 g/mol. The van der Waals surface area contributed by atoms with Crippen LogP contribution in [-0.2, 0) is 9.59 Å². The zero-order chi connectivity index (χ0) is 16.9. The molecule has 0 unspecified atom stereocenters. The average molecular weight is 347 g/mol. The van der Waals surface area contributed by atoms with E-state index in [1.165, 1.54) is 0 Å². The molecule has 1 saturated carbocycles. The lowest BCUT2D eigenvalue weighted by atomic mass is 9.89. The minimum Gasteiger partial charge on any atom is -0.342 e. The van der Waals surface area contributed by atoms with E-state index in [0.717, 1.165) is 25.7 Å². The van der Waals surface area contributed by atoms with Gasteiger partial charge < -0.3 is 9.80 Å². The predicted molar refractivity (Wildman–Crippen MR) is 97.5 cm³/mol. The molecule has 0 radical (unpaired) electrons. The molecule has 0 aliphatic heterocycles. The van der Waals surface area contributed by atoms with Gasteiger partial charge in [0.25, 0.3) is 0 Å². The number of carbonyl (C=O) groups excluding carboxylic acids is 2. The first-order chi connectivity index (χ1) is 10.3. The van der Waals surface area contributed by atoms with E-state index in [0.29, 0.717) is 12.1 Å². The Morgan fingerprint density at radius 1 is 0.818 bits per heavy atom. The molecule has 0 bridgehead atoms. The van der Waals surface area contributed by atoms with Crippen LogP contribution in [0.3, 0.4) is 0 Å². The zero-order valence-electron chi connectivity index (χ0n) is 14.7. The van der Waals surface area contributed by atoms with Gasteiger partial charge >= 0.3 is 0 Å². The Hall–Kier alpha value is -0.360. The van der Waals surface area contributed by atoms with Crippen molar-refractivity contribution in [3.8, 4) is 0 Å². The predicted octanol–water partition coefficient (Wildman–Crippen LogP) is 2.72. The second-order valence-electron chi connectivity index (χ2n) is 6.12. The zero-order valence-corrected chi connectivity index (χ0v) is 16.3. The summed E-state index contributed by atoms with van der Waals surface area (Å²) in [4.78, 5) is 28.4. The molecule has 0 aromatic rings. The van der Waals surface area contributed by atoms with E-state index in [9.17, 15) is 9.59 Å². The van der Waals surface area contributed by atoms with Crippen LogP contribution in [0.2, 0.25) is 0 Å². The summed E-state index contributed by atoms with van der Waals surface area (Å²) in [5, 5.41) is 0.0452. The number of amides is 2. The first-order valence-electron chi connectivity index (χ1n) is 7.92. The van der Waals surface area contributed by atoms with Crippen molar-refractivity contribution in [3.63, 3.8) is 0 Å². The van der Waals surface area contributed by atoms with E-state index in [-0.39, 0.29) is 22.3 Å². The van der Waals surface area contributed by atoms with Crippen LogP contribution in [0.4, 0.5) is 0 Å². The van der Waals surface area contributed by atoms with Crippen LogP contribution in [-0.4, -0.2) is 70.8 Å². The molecule has 0 heterocycles. The monoisotopic (exact) mass is 346 g/mol. The van der Waals surface area contributed by atoms with Crippen LogP contribution >= 0.6 is 23.5 Å². The highest BCUT2D eigenvalue weighted by molar-refractivity contribution is 8.00. The fraction of sp³-hybridized carbons (Fsp3) is 0.875. The summed E-state index contributed by atoms with van der Waals surface area (Å²) in [5.41, 5.74) is 0. The van der Waals surface area contributed by atoms with Crippen molar-refractivity contribution >= 4 is 35.3 Å². The van der Waals surface area contributed by atoms with Gasteiger partial charge in [-0.2, -0.15) is 23.5 Å². The highest BCUT2D eigenvalue weighted by Gasteiger charge is 2.32. The molecule has 128 valence electrons. The van der Waals surface area contributed by atoms with E-state index in [1.54, 1.807) is 23.5 Å². The Balaban J connectivity index is 2.52. The van der Waals surface area contributed by atoms with E-state index in [1.807, 2.05) is 50.3 Å². The third-order valence-electron chi connectivity index (χ3n) is 4.86. The molecule has 0 spiro atoms. The Morgan fingerprint density at radius 2 is 1.09 bits per heavy atom. The molecular formula is C16H30N2O2S2. The van der Waals surface area contributed by atoms with Crippen molar-refractivity contribution in [2.75, 3.05) is 26.6 Å². The third kappa shape index (κ3) is 4.82. The Bertz CT molecular complexity index is 348. The maximum Gasteiger partial charge on any atom is 0.235 e. The molecule has 2 atom stereocenters. The summed E-state index contributed by atoms with van der Waals surface area (Å²) in [6, 6.07) is 0.639. The van der Waals surface area contributed by atoms with Gasteiger partial charge in [-0.25, -0.2) is 0 Å². The van der Waals surface area contributed by atoms with E-state index >= 15 is 0 Å². The van der Waals surface area contributed by atoms with Gasteiger partial charge in [0.05, 0.1) is 10.5 Å². The highest BCUT2D eigenvalue weighted by atomic mass is 32.2. The second kappa shape index (κ2) is 9.06. The lowest BCUT2D eigenvalue weighted by Gasteiger charge is -2.39. The SMILES string of the molecule is CS[C@H](C)C(=O)N(C)C1CCC(N(C)C(=O)[C@@H](C)SC)CC1. The fourth-order valence-corrected chi connectivity index (χ4v) is 3.70. The van der Waals surface area contributed by atoms with E-state index in [4.69, 9.17) is 0 Å². The minimum atomic E-state index is 0.0226. The molecule has 0 aromatic heterocycles. The molecule has 1 aliphatic rings. The van der Waals surface area contributed by atoms with Crippen molar-refractivity contribution in [1.29, 1.82) is 0 Å². The van der Waals surface area contributed by atoms with E-state index < -0.39 is 0 Å². The molecule has 0 N–H and O–H groups in total. The summed E-state index contributed by atoms with van der Waals surface area (Å²) in [6.45, 7) is 3.93. The Morgan fingerprint density at radius 3 is 1.32 bits per heavy atom. The number of hydrogen-bond donors (Lipinski definition) is 0. The van der Waals surface area contributed by atoms with Gasteiger partial charge in [-0.15, -0.1) is 0 Å². The van der Waals surface area contributed by atoms with Crippen LogP contribution in [0.5, 0.6) is 0 Å². The van der Waals surface area contributed by atoms with Gasteiger partial charge in [0.15, 0.2) is 0 Å². The van der Waals surface area contributed by atoms with Crippen molar-refractivity contribution in [2.45, 2.75) is 62.1 Å². The minimum absolute atomic E-state index is 0.0226. The number of rotatable bonds is 6. The standard InChI is InChI=1S/C16H30N2O2S2/c1-11(21-5)15(19)17(3)13-7-9-14(10-8-13)18(4)16(20)12(2)22-6/h11-14H,7-10H2,1-6H3/t11-,12-,13?,14?/m1/s1. The molecule has 1 aliphatic carbocycles. The van der Waals surface area contributed by atoms with Crippen LogP contribution in [0.25, 0.3) is 0 Å². The molecule has 1 fully saturated rings. The normalized spacial score (nSPS) is 24.5. The molecule has 2 amide bonds. The number of hydrogen-bond acceptors (Lipinski definition) is 4. The summed E-state index contributed by atoms with van der Waals surface area (Å²) >= 11 is 3.19. The smallest absolute Gasteiger partial charge is 0.235 e. The van der Waals surface area contributed by atoms with Gasteiger partial charge in [-0.3, -0.25) is 9.59 Å². The highest BCUT2D eigenvalue weighted by Crippen LogP contribution is 2.27. The second-order valence-corrected chi connectivity index (χ2v) is 8.47. The number of thioether (sulfide) groups is 2. The summed E-state index contributed by atoms with van der Waals surface area (Å²) in [5.74, 6) is 0.438. The quantitative estimate of drug-likeness (QED) is 0.741. The lowest BCUT2D eigenvalue weighted by molar-refractivity contribution is -0.134. The summed E-state index contributed by atoms with van der Waals surface area (Å²) in [7, 11) is 3.84. The molecule has 0 saturated heterocycles. The van der Waals surface area contributed by atoms with Crippen LogP contribution in [0, 0.1) is 0 Å². The average Bonchev–Trinajstić information content (AvgIpc) is 2.57. The van der Waals surface area contributed by atoms with Crippen molar-refractivity contribution in [3.05, 3.63) is 0 Å². The van der Waals surface area contributed by atoms with Gasteiger partial charge in [0, 0.05) is 26.2 Å². The maximum absolute atomic E-state index is 12.3. The van der Waals surface area contributed by atoms with E-state index in [2.05, 4.69) is 0 Å². The number of nitrogens with zero attached hydrogens (tertiary/aromatic N) is 2. The molecule has 6 heteroatoms. The summed E-state index contributed by atoms with van der Waals surface area (Å²) in [6.07, 6.45) is 7.89. The molecule has 1 rings (SSSR count). The van der Waals surface area contributed by atoms with Gasteiger partial charge in [0.1, 0.15) is 0 Å². The van der Waals surface area contributed by atoms with Crippen molar-refractivity contribution < 1.29 is 9.59 Å². The Kier molecular flexibility index (Phi) is 8.11. The summed E-state index contributed by atoms with van der Waals surface area (Å²) < 4.78 is 0.